The third-order valence-corrected chi connectivity index (χ3v) is 2.96. The van der Waals surface area contributed by atoms with Gasteiger partial charge in [-0.3, -0.25) is 0 Å². The summed E-state index contributed by atoms with van der Waals surface area (Å²) < 4.78 is 13.4. The zero-order valence-corrected chi connectivity index (χ0v) is 10.6. The van der Waals surface area contributed by atoms with E-state index in [4.69, 9.17) is 17.3 Å². The highest BCUT2D eigenvalue weighted by Crippen LogP contribution is 2.21. The van der Waals surface area contributed by atoms with Crippen LogP contribution in [-0.4, -0.2) is 6.04 Å². The second kappa shape index (κ2) is 6.21. The fourth-order valence-corrected chi connectivity index (χ4v) is 2.08. The van der Waals surface area contributed by atoms with Gasteiger partial charge in [0.25, 0.3) is 0 Å². The van der Waals surface area contributed by atoms with Gasteiger partial charge in [-0.2, -0.15) is 0 Å². The summed E-state index contributed by atoms with van der Waals surface area (Å²) in [5, 5.41) is 0.497. The first-order chi connectivity index (χ1) is 7.50. The number of rotatable bonds is 5. The van der Waals surface area contributed by atoms with Gasteiger partial charge in [0.2, 0.25) is 0 Å². The first-order valence-corrected chi connectivity index (χ1v) is 6.07. The van der Waals surface area contributed by atoms with Gasteiger partial charge in [0.15, 0.2) is 0 Å². The molecule has 0 saturated heterocycles. The zero-order valence-electron chi connectivity index (χ0n) is 9.84. The van der Waals surface area contributed by atoms with Gasteiger partial charge in [-0.05, 0) is 37.3 Å². The molecular weight excluding hydrogens is 225 g/mol. The van der Waals surface area contributed by atoms with Gasteiger partial charge in [-0.1, -0.05) is 31.5 Å². The fourth-order valence-electron chi connectivity index (χ4n) is 1.82. The molecule has 0 fully saturated rings. The van der Waals surface area contributed by atoms with Crippen LogP contribution in [0.4, 0.5) is 4.39 Å². The van der Waals surface area contributed by atoms with E-state index < -0.39 is 0 Å². The molecule has 1 nitrogen and oxygen atoms in total. The van der Waals surface area contributed by atoms with E-state index in [1.165, 1.54) is 6.07 Å². The molecule has 0 saturated carbocycles. The Balaban J connectivity index is 2.54. The van der Waals surface area contributed by atoms with Crippen LogP contribution in [0, 0.1) is 11.7 Å². The molecule has 0 bridgehead atoms. The molecule has 0 heterocycles. The Morgan fingerprint density at radius 2 is 2.06 bits per heavy atom. The van der Waals surface area contributed by atoms with Crippen molar-refractivity contribution in [2.75, 3.05) is 0 Å². The number of halogens is 2. The van der Waals surface area contributed by atoms with Crippen LogP contribution in [0.15, 0.2) is 18.2 Å². The topological polar surface area (TPSA) is 26.0 Å². The van der Waals surface area contributed by atoms with Crippen LogP contribution >= 0.6 is 11.6 Å². The van der Waals surface area contributed by atoms with Crippen molar-refractivity contribution in [1.82, 2.24) is 0 Å². The molecule has 1 unspecified atom stereocenters. The Bertz CT molecular complexity index is 318. The molecule has 1 aromatic rings. The van der Waals surface area contributed by atoms with E-state index >= 15 is 0 Å². The van der Waals surface area contributed by atoms with Crippen LogP contribution < -0.4 is 5.73 Å². The quantitative estimate of drug-likeness (QED) is 0.837. The van der Waals surface area contributed by atoms with Crippen molar-refractivity contribution in [3.63, 3.8) is 0 Å². The molecule has 1 aromatic carbocycles. The molecule has 0 aliphatic heterocycles. The SMILES string of the molecule is CC(C)CC(N)CCc1c(F)cccc1Cl. The Labute approximate surface area is 102 Å². The van der Waals surface area contributed by atoms with Crippen LogP contribution in [0.1, 0.15) is 32.3 Å². The van der Waals surface area contributed by atoms with E-state index in [1.807, 2.05) is 0 Å². The summed E-state index contributed by atoms with van der Waals surface area (Å²) in [6.45, 7) is 4.27. The van der Waals surface area contributed by atoms with Gasteiger partial charge in [-0.25, -0.2) is 4.39 Å². The average molecular weight is 244 g/mol. The van der Waals surface area contributed by atoms with Gasteiger partial charge in [0.05, 0.1) is 0 Å². The first kappa shape index (κ1) is 13.5. The van der Waals surface area contributed by atoms with Crippen LogP contribution in [0.2, 0.25) is 5.02 Å². The minimum absolute atomic E-state index is 0.121. The van der Waals surface area contributed by atoms with Crippen LogP contribution in [0.3, 0.4) is 0 Å². The summed E-state index contributed by atoms with van der Waals surface area (Å²) in [5.74, 6) is 0.343. The second-order valence-corrected chi connectivity index (χ2v) is 5.04. The summed E-state index contributed by atoms with van der Waals surface area (Å²) >= 11 is 5.94. The van der Waals surface area contributed by atoms with Crippen molar-refractivity contribution in [2.45, 2.75) is 39.2 Å². The zero-order chi connectivity index (χ0) is 12.1. The van der Waals surface area contributed by atoms with Crippen molar-refractivity contribution in [3.8, 4) is 0 Å². The molecule has 0 aliphatic carbocycles. The van der Waals surface area contributed by atoms with E-state index in [9.17, 15) is 4.39 Å². The molecule has 16 heavy (non-hydrogen) atoms. The third-order valence-electron chi connectivity index (χ3n) is 2.60. The Morgan fingerprint density at radius 1 is 1.38 bits per heavy atom. The highest BCUT2D eigenvalue weighted by molar-refractivity contribution is 6.31. The normalized spacial score (nSPS) is 13.1. The highest BCUT2D eigenvalue weighted by atomic mass is 35.5. The number of hydrogen-bond donors (Lipinski definition) is 1. The Kier molecular flexibility index (Phi) is 5.23. The smallest absolute Gasteiger partial charge is 0.127 e. The van der Waals surface area contributed by atoms with E-state index in [-0.39, 0.29) is 11.9 Å². The van der Waals surface area contributed by atoms with Crippen LogP contribution in [0.25, 0.3) is 0 Å². The van der Waals surface area contributed by atoms with E-state index in [2.05, 4.69) is 13.8 Å². The molecule has 0 aromatic heterocycles. The van der Waals surface area contributed by atoms with Crippen molar-refractivity contribution in [3.05, 3.63) is 34.6 Å². The highest BCUT2D eigenvalue weighted by Gasteiger charge is 2.10. The molecule has 0 spiro atoms. The van der Waals surface area contributed by atoms with Crippen molar-refractivity contribution < 1.29 is 4.39 Å². The molecule has 0 radical (unpaired) electrons. The average Bonchev–Trinajstić information content (AvgIpc) is 2.15. The molecular formula is C13H19ClFN. The standard InChI is InChI=1S/C13H19ClFN/c1-9(2)8-10(16)6-7-11-12(14)4-3-5-13(11)15/h3-5,9-10H,6-8,16H2,1-2H3. The fraction of sp³-hybridized carbons (Fsp3) is 0.538. The Hall–Kier alpha value is -0.600. The summed E-state index contributed by atoms with van der Waals surface area (Å²) in [4.78, 5) is 0. The van der Waals surface area contributed by atoms with Crippen molar-refractivity contribution in [2.24, 2.45) is 11.7 Å². The lowest BCUT2D eigenvalue weighted by Gasteiger charge is -2.14. The molecule has 1 atom stereocenters. The second-order valence-electron chi connectivity index (χ2n) is 4.63. The molecule has 1 rings (SSSR count). The van der Waals surface area contributed by atoms with Crippen molar-refractivity contribution in [1.29, 1.82) is 0 Å². The van der Waals surface area contributed by atoms with E-state index in [0.29, 0.717) is 22.9 Å². The summed E-state index contributed by atoms with van der Waals surface area (Å²) in [7, 11) is 0. The maximum Gasteiger partial charge on any atom is 0.127 e. The number of benzene rings is 1. The third kappa shape index (κ3) is 4.11. The van der Waals surface area contributed by atoms with E-state index in [0.717, 1.165) is 12.8 Å². The number of nitrogens with two attached hydrogens (primary N) is 1. The minimum atomic E-state index is -0.232. The maximum absolute atomic E-state index is 13.4. The largest absolute Gasteiger partial charge is 0.328 e. The summed E-state index contributed by atoms with van der Waals surface area (Å²) in [6.07, 6.45) is 2.35. The first-order valence-electron chi connectivity index (χ1n) is 5.69. The molecule has 90 valence electrons. The van der Waals surface area contributed by atoms with Gasteiger partial charge in [-0.15, -0.1) is 0 Å². The lowest BCUT2D eigenvalue weighted by Crippen LogP contribution is -2.22. The van der Waals surface area contributed by atoms with Gasteiger partial charge in [0.1, 0.15) is 5.82 Å². The lowest BCUT2D eigenvalue weighted by atomic mass is 9.98. The lowest BCUT2D eigenvalue weighted by molar-refractivity contribution is 0.470. The van der Waals surface area contributed by atoms with Crippen molar-refractivity contribution >= 4 is 11.6 Å². The van der Waals surface area contributed by atoms with Gasteiger partial charge in [0, 0.05) is 16.6 Å². The summed E-state index contributed by atoms with van der Waals surface area (Å²) in [5.41, 5.74) is 6.54. The van der Waals surface area contributed by atoms with Crippen LogP contribution in [0.5, 0.6) is 0 Å². The van der Waals surface area contributed by atoms with E-state index in [1.54, 1.807) is 12.1 Å². The summed E-state index contributed by atoms with van der Waals surface area (Å²) in [6, 6.07) is 4.90. The number of hydrogen-bond acceptors (Lipinski definition) is 1. The van der Waals surface area contributed by atoms with Gasteiger partial charge >= 0.3 is 0 Å². The van der Waals surface area contributed by atoms with Gasteiger partial charge < -0.3 is 5.73 Å². The monoisotopic (exact) mass is 243 g/mol. The molecule has 0 amide bonds. The maximum atomic E-state index is 13.4. The Morgan fingerprint density at radius 3 is 2.62 bits per heavy atom. The molecule has 3 heteroatoms. The predicted molar refractivity (Wildman–Crippen MR) is 67.2 cm³/mol. The predicted octanol–water partition coefficient (Wildman–Crippen LogP) is 3.79. The molecule has 0 aliphatic rings. The molecule has 2 N–H and O–H groups in total. The van der Waals surface area contributed by atoms with Crippen LogP contribution in [-0.2, 0) is 6.42 Å². The minimum Gasteiger partial charge on any atom is -0.328 e.